The van der Waals surface area contributed by atoms with Crippen molar-refractivity contribution in [3.8, 4) is 17.0 Å². The Bertz CT molecular complexity index is 931. The average molecular weight is 380 g/mol. The molecule has 1 aromatic heterocycles. The van der Waals surface area contributed by atoms with E-state index in [2.05, 4.69) is 10.3 Å². The van der Waals surface area contributed by atoms with E-state index in [0.717, 1.165) is 11.3 Å². The molecule has 0 fully saturated rings. The van der Waals surface area contributed by atoms with Crippen LogP contribution < -0.4 is 10.1 Å². The minimum atomic E-state index is -0.284. The number of amides is 1. The van der Waals surface area contributed by atoms with Crippen molar-refractivity contribution in [1.29, 1.82) is 0 Å². The van der Waals surface area contributed by atoms with Gasteiger partial charge in [-0.1, -0.05) is 36.8 Å². The van der Waals surface area contributed by atoms with Crippen LogP contribution in [0.3, 0.4) is 0 Å². The van der Waals surface area contributed by atoms with Gasteiger partial charge in [-0.15, -0.1) is 11.3 Å². The molecule has 3 rings (SSSR count). The molecule has 138 valence electrons. The summed E-state index contributed by atoms with van der Waals surface area (Å²) < 4.78 is 5.47. The summed E-state index contributed by atoms with van der Waals surface area (Å²) in [5.74, 6) is 0.332. The molecule has 3 aromatic rings. The van der Waals surface area contributed by atoms with Gasteiger partial charge in [0.05, 0.1) is 5.69 Å². The molecule has 0 radical (unpaired) electrons. The number of anilines is 1. The topological polar surface area (TPSA) is 68.3 Å². The number of aromatic nitrogens is 1. The number of Topliss-reactive ketones (excluding diaryl/α,β-unsaturated/α-hetero) is 1. The predicted molar refractivity (Wildman–Crippen MR) is 107 cm³/mol. The van der Waals surface area contributed by atoms with E-state index in [1.807, 2.05) is 43.5 Å². The Kier molecular flexibility index (Phi) is 5.98. The van der Waals surface area contributed by atoms with E-state index in [1.165, 1.54) is 16.9 Å². The van der Waals surface area contributed by atoms with Crippen molar-refractivity contribution < 1.29 is 14.3 Å². The van der Waals surface area contributed by atoms with Gasteiger partial charge in [0.2, 0.25) is 0 Å². The molecule has 1 amide bonds. The second kappa shape index (κ2) is 8.60. The van der Waals surface area contributed by atoms with Crippen molar-refractivity contribution in [2.24, 2.45) is 0 Å². The van der Waals surface area contributed by atoms with Gasteiger partial charge in [-0.2, -0.15) is 0 Å². The fraction of sp³-hybridized carbons (Fsp3) is 0.190. The molecule has 0 aliphatic carbocycles. The minimum Gasteiger partial charge on any atom is -0.484 e. The first-order valence-electron chi connectivity index (χ1n) is 8.63. The summed E-state index contributed by atoms with van der Waals surface area (Å²) in [4.78, 5) is 28.1. The average Bonchev–Trinajstić information content (AvgIpc) is 3.15. The molecule has 0 bridgehead atoms. The lowest BCUT2D eigenvalue weighted by Crippen LogP contribution is -2.20. The number of ketones is 1. The zero-order valence-corrected chi connectivity index (χ0v) is 16.0. The Balaban J connectivity index is 1.54. The van der Waals surface area contributed by atoms with E-state index in [4.69, 9.17) is 4.74 Å². The number of thiazole rings is 1. The number of rotatable bonds is 7. The van der Waals surface area contributed by atoms with E-state index in [-0.39, 0.29) is 18.3 Å². The molecule has 2 aromatic carbocycles. The lowest BCUT2D eigenvalue weighted by Gasteiger charge is -2.06. The van der Waals surface area contributed by atoms with Gasteiger partial charge >= 0.3 is 0 Å². The van der Waals surface area contributed by atoms with Gasteiger partial charge in [0, 0.05) is 22.9 Å². The van der Waals surface area contributed by atoms with Crippen LogP contribution >= 0.6 is 11.3 Å². The molecule has 27 heavy (non-hydrogen) atoms. The first-order valence-corrected chi connectivity index (χ1v) is 9.51. The summed E-state index contributed by atoms with van der Waals surface area (Å²) in [5.41, 5.74) is 3.66. The van der Waals surface area contributed by atoms with Crippen LogP contribution in [0.25, 0.3) is 11.3 Å². The number of ether oxygens (including phenoxy) is 1. The highest BCUT2D eigenvalue weighted by Gasteiger charge is 2.09. The molecular formula is C21H20N2O3S. The SMILES string of the molecule is CCC(=O)c1ccc(OCC(=O)Nc2nc(-c3ccc(C)cc3)cs2)cc1. The lowest BCUT2D eigenvalue weighted by molar-refractivity contribution is -0.118. The molecule has 0 atom stereocenters. The Morgan fingerprint density at radius 1 is 1.07 bits per heavy atom. The second-order valence-corrected chi connectivity index (χ2v) is 6.90. The van der Waals surface area contributed by atoms with Gasteiger partial charge in [-0.05, 0) is 31.2 Å². The standard InChI is InChI=1S/C21H20N2O3S/c1-3-19(24)16-8-10-17(11-9-16)26-12-20(25)23-21-22-18(13-27-21)15-6-4-14(2)5-7-15/h4-11,13H,3,12H2,1-2H3,(H,22,23,25). The van der Waals surface area contributed by atoms with Crippen LogP contribution in [0.5, 0.6) is 5.75 Å². The van der Waals surface area contributed by atoms with Gasteiger partial charge in [0.1, 0.15) is 5.75 Å². The zero-order chi connectivity index (χ0) is 19.2. The molecule has 0 saturated heterocycles. The van der Waals surface area contributed by atoms with Crippen LogP contribution in [0.1, 0.15) is 29.3 Å². The highest BCUT2D eigenvalue weighted by atomic mass is 32.1. The third kappa shape index (κ3) is 5.01. The van der Waals surface area contributed by atoms with Crippen molar-refractivity contribution >= 4 is 28.2 Å². The Morgan fingerprint density at radius 2 is 1.78 bits per heavy atom. The van der Waals surface area contributed by atoms with E-state index in [1.54, 1.807) is 24.3 Å². The molecule has 0 spiro atoms. The maximum Gasteiger partial charge on any atom is 0.264 e. The normalized spacial score (nSPS) is 10.4. The van der Waals surface area contributed by atoms with Crippen LogP contribution in [0.15, 0.2) is 53.9 Å². The van der Waals surface area contributed by atoms with Crippen LogP contribution in [-0.2, 0) is 4.79 Å². The number of carbonyl (C=O) groups excluding carboxylic acids is 2. The summed E-state index contributed by atoms with van der Waals surface area (Å²) >= 11 is 1.37. The first kappa shape index (κ1) is 18.8. The summed E-state index contributed by atoms with van der Waals surface area (Å²) in [7, 11) is 0. The Hall–Kier alpha value is -2.99. The fourth-order valence-electron chi connectivity index (χ4n) is 2.43. The second-order valence-electron chi connectivity index (χ2n) is 6.04. The van der Waals surface area contributed by atoms with Gasteiger partial charge in [0.15, 0.2) is 17.5 Å². The molecule has 0 unspecified atom stereocenters. The van der Waals surface area contributed by atoms with Gasteiger partial charge in [0.25, 0.3) is 5.91 Å². The maximum absolute atomic E-state index is 12.1. The fourth-order valence-corrected chi connectivity index (χ4v) is 3.17. The van der Waals surface area contributed by atoms with Crippen LogP contribution in [0.4, 0.5) is 5.13 Å². The summed E-state index contributed by atoms with van der Waals surface area (Å²) in [6, 6.07) is 14.9. The number of hydrogen-bond donors (Lipinski definition) is 1. The third-order valence-electron chi connectivity index (χ3n) is 3.97. The summed E-state index contributed by atoms with van der Waals surface area (Å²) in [5, 5.41) is 5.18. The van der Waals surface area contributed by atoms with Gasteiger partial charge < -0.3 is 4.74 Å². The smallest absolute Gasteiger partial charge is 0.264 e. The van der Waals surface area contributed by atoms with Crippen LogP contribution in [-0.4, -0.2) is 23.3 Å². The predicted octanol–water partition coefficient (Wildman–Crippen LogP) is 4.73. The largest absolute Gasteiger partial charge is 0.484 e. The van der Waals surface area contributed by atoms with Crippen LogP contribution in [0, 0.1) is 6.92 Å². The maximum atomic E-state index is 12.1. The number of carbonyl (C=O) groups is 2. The van der Waals surface area contributed by atoms with E-state index < -0.39 is 0 Å². The first-order chi connectivity index (χ1) is 13.0. The number of benzene rings is 2. The molecule has 1 heterocycles. The molecular weight excluding hydrogens is 360 g/mol. The molecule has 6 heteroatoms. The van der Waals surface area contributed by atoms with Crippen molar-refractivity contribution in [1.82, 2.24) is 4.98 Å². The molecule has 0 saturated carbocycles. The van der Waals surface area contributed by atoms with E-state index >= 15 is 0 Å². The van der Waals surface area contributed by atoms with E-state index in [9.17, 15) is 9.59 Å². The lowest BCUT2D eigenvalue weighted by atomic mass is 10.1. The van der Waals surface area contributed by atoms with Gasteiger partial charge in [-0.3, -0.25) is 14.9 Å². The van der Waals surface area contributed by atoms with E-state index in [0.29, 0.717) is 22.9 Å². The van der Waals surface area contributed by atoms with Crippen molar-refractivity contribution in [3.05, 3.63) is 65.0 Å². The number of aryl methyl sites for hydroxylation is 1. The quantitative estimate of drug-likeness (QED) is 0.602. The highest BCUT2D eigenvalue weighted by Crippen LogP contribution is 2.25. The molecule has 0 aliphatic heterocycles. The molecule has 5 nitrogen and oxygen atoms in total. The third-order valence-corrected chi connectivity index (χ3v) is 4.72. The highest BCUT2D eigenvalue weighted by molar-refractivity contribution is 7.14. The summed E-state index contributed by atoms with van der Waals surface area (Å²) in [6.07, 6.45) is 0.459. The number of nitrogens with zero attached hydrogens (tertiary/aromatic N) is 1. The minimum absolute atomic E-state index is 0.0763. The number of hydrogen-bond acceptors (Lipinski definition) is 5. The monoisotopic (exact) mass is 380 g/mol. The molecule has 0 aliphatic rings. The van der Waals surface area contributed by atoms with Crippen molar-refractivity contribution in [2.45, 2.75) is 20.3 Å². The molecule has 1 N–H and O–H groups in total. The number of nitrogens with one attached hydrogen (secondary N) is 1. The van der Waals surface area contributed by atoms with Crippen molar-refractivity contribution in [3.63, 3.8) is 0 Å². The summed E-state index contributed by atoms with van der Waals surface area (Å²) in [6.45, 7) is 3.73. The van der Waals surface area contributed by atoms with Gasteiger partial charge in [-0.25, -0.2) is 4.98 Å². The Labute approximate surface area is 162 Å². The Morgan fingerprint density at radius 3 is 2.44 bits per heavy atom. The van der Waals surface area contributed by atoms with Crippen molar-refractivity contribution in [2.75, 3.05) is 11.9 Å². The van der Waals surface area contributed by atoms with Crippen LogP contribution in [0.2, 0.25) is 0 Å². The zero-order valence-electron chi connectivity index (χ0n) is 15.2.